The van der Waals surface area contributed by atoms with Gasteiger partial charge in [-0.25, -0.2) is 4.98 Å². The molecule has 17 heavy (non-hydrogen) atoms. The van der Waals surface area contributed by atoms with Gasteiger partial charge in [-0.15, -0.1) is 0 Å². The maximum absolute atomic E-state index is 6.08. The molecule has 4 heteroatoms. The van der Waals surface area contributed by atoms with Crippen LogP contribution >= 0.6 is 15.9 Å². The van der Waals surface area contributed by atoms with E-state index in [0.717, 1.165) is 15.5 Å². The highest BCUT2D eigenvalue weighted by molar-refractivity contribution is 9.10. The molecule has 0 saturated heterocycles. The van der Waals surface area contributed by atoms with Crippen molar-refractivity contribution in [2.45, 2.75) is 38.1 Å². The Hall–Kier alpha value is -1.03. The lowest BCUT2D eigenvalue weighted by atomic mass is 9.95. The fourth-order valence-electron chi connectivity index (χ4n) is 2.82. The Kier molecular flexibility index (Phi) is 2.82. The van der Waals surface area contributed by atoms with Gasteiger partial charge in [0, 0.05) is 10.5 Å². The van der Waals surface area contributed by atoms with Gasteiger partial charge in [-0.3, -0.25) is 0 Å². The molecule has 0 atom stereocenters. The number of anilines is 1. The van der Waals surface area contributed by atoms with Crippen molar-refractivity contribution < 1.29 is 0 Å². The van der Waals surface area contributed by atoms with Gasteiger partial charge in [0.1, 0.15) is 5.52 Å². The van der Waals surface area contributed by atoms with Crippen LogP contribution in [0.5, 0.6) is 0 Å². The third-order valence-electron chi connectivity index (χ3n) is 3.64. The lowest BCUT2D eigenvalue weighted by molar-refractivity contribution is 0.363. The number of fused-ring (bicyclic) bond motifs is 1. The van der Waals surface area contributed by atoms with Crippen LogP contribution in [0.15, 0.2) is 22.7 Å². The standard InChI is InChI=1S/C13H16BrN3/c14-10-7-4-8-11-12(10)16-13(15)17(11)9-5-2-1-3-6-9/h4,7-9H,1-3,5-6H2,(H2,15,16). The summed E-state index contributed by atoms with van der Waals surface area (Å²) in [5.41, 5.74) is 8.22. The summed E-state index contributed by atoms with van der Waals surface area (Å²) in [6.45, 7) is 0. The van der Waals surface area contributed by atoms with Crippen molar-refractivity contribution in [3.05, 3.63) is 22.7 Å². The average Bonchev–Trinajstić information content (AvgIpc) is 2.68. The van der Waals surface area contributed by atoms with Crippen LogP contribution in [-0.4, -0.2) is 9.55 Å². The summed E-state index contributed by atoms with van der Waals surface area (Å²) in [5.74, 6) is 0.652. The van der Waals surface area contributed by atoms with Crippen LogP contribution < -0.4 is 5.73 Å². The lowest BCUT2D eigenvalue weighted by Crippen LogP contribution is -2.14. The first kappa shape index (κ1) is 11.1. The summed E-state index contributed by atoms with van der Waals surface area (Å²) < 4.78 is 3.25. The van der Waals surface area contributed by atoms with Crippen LogP contribution in [-0.2, 0) is 0 Å². The summed E-state index contributed by atoms with van der Waals surface area (Å²) in [5, 5.41) is 0. The zero-order valence-electron chi connectivity index (χ0n) is 9.69. The number of hydrogen-bond donors (Lipinski definition) is 1. The topological polar surface area (TPSA) is 43.8 Å². The molecule has 1 heterocycles. The second-order valence-electron chi connectivity index (χ2n) is 4.74. The molecule has 90 valence electrons. The van der Waals surface area contributed by atoms with E-state index in [2.05, 4.69) is 31.5 Å². The van der Waals surface area contributed by atoms with Gasteiger partial charge in [-0.05, 0) is 40.9 Å². The van der Waals surface area contributed by atoms with Crippen LogP contribution in [0, 0.1) is 0 Å². The number of nitrogens with zero attached hydrogens (tertiary/aromatic N) is 2. The molecule has 1 aromatic carbocycles. The van der Waals surface area contributed by atoms with Crippen LogP contribution in [0.4, 0.5) is 5.95 Å². The second kappa shape index (κ2) is 4.33. The number of aromatic nitrogens is 2. The predicted octanol–water partition coefficient (Wildman–Crippen LogP) is 3.89. The normalized spacial score (nSPS) is 17.7. The summed E-state index contributed by atoms with van der Waals surface area (Å²) in [6, 6.07) is 6.70. The molecule has 0 bridgehead atoms. The number of nitrogens with two attached hydrogens (primary N) is 1. The fourth-order valence-corrected chi connectivity index (χ4v) is 3.27. The highest BCUT2D eigenvalue weighted by Gasteiger charge is 2.20. The summed E-state index contributed by atoms with van der Waals surface area (Å²) in [4.78, 5) is 4.48. The van der Waals surface area contributed by atoms with Crippen LogP contribution in [0.25, 0.3) is 11.0 Å². The minimum atomic E-state index is 0.531. The molecule has 0 amide bonds. The minimum absolute atomic E-state index is 0.531. The number of imidazole rings is 1. The third kappa shape index (κ3) is 1.84. The quantitative estimate of drug-likeness (QED) is 0.867. The maximum Gasteiger partial charge on any atom is 0.201 e. The molecule has 0 spiro atoms. The maximum atomic E-state index is 6.08. The van der Waals surface area contributed by atoms with Gasteiger partial charge in [0.2, 0.25) is 5.95 Å². The number of benzene rings is 1. The van der Waals surface area contributed by atoms with Crippen LogP contribution in [0.1, 0.15) is 38.1 Å². The SMILES string of the molecule is Nc1nc2c(Br)cccc2n1C1CCCCC1. The molecule has 2 N–H and O–H groups in total. The van der Waals surface area contributed by atoms with Gasteiger partial charge < -0.3 is 10.3 Å². The molecule has 1 fully saturated rings. The van der Waals surface area contributed by atoms with Gasteiger partial charge in [-0.1, -0.05) is 25.3 Å². The molecule has 2 aromatic rings. The second-order valence-corrected chi connectivity index (χ2v) is 5.59. The van der Waals surface area contributed by atoms with Crippen molar-refractivity contribution in [3.8, 4) is 0 Å². The first-order valence-corrected chi connectivity index (χ1v) is 6.98. The monoisotopic (exact) mass is 293 g/mol. The number of rotatable bonds is 1. The number of halogens is 1. The van der Waals surface area contributed by atoms with Gasteiger partial charge in [0.15, 0.2) is 0 Å². The molecular formula is C13H16BrN3. The van der Waals surface area contributed by atoms with Crippen molar-refractivity contribution in [1.29, 1.82) is 0 Å². The van der Waals surface area contributed by atoms with E-state index in [4.69, 9.17) is 5.73 Å². The fraction of sp³-hybridized carbons (Fsp3) is 0.462. The summed E-state index contributed by atoms with van der Waals surface area (Å²) in [7, 11) is 0. The number of para-hydroxylation sites is 1. The van der Waals surface area contributed by atoms with E-state index in [0.29, 0.717) is 12.0 Å². The van der Waals surface area contributed by atoms with E-state index in [1.165, 1.54) is 32.1 Å². The van der Waals surface area contributed by atoms with Crippen molar-refractivity contribution in [2.24, 2.45) is 0 Å². The molecule has 1 aromatic heterocycles. The van der Waals surface area contributed by atoms with E-state index in [1.54, 1.807) is 0 Å². The first-order valence-electron chi connectivity index (χ1n) is 6.19. The third-order valence-corrected chi connectivity index (χ3v) is 4.28. The van der Waals surface area contributed by atoms with Crippen molar-refractivity contribution in [2.75, 3.05) is 5.73 Å². The van der Waals surface area contributed by atoms with Gasteiger partial charge in [0.25, 0.3) is 0 Å². The molecule has 0 unspecified atom stereocenters. The van der Waals surface area contributed by atoms with Gasteiger partial charge >= 0.3 is 0 Å². The Morgan fingerprint density at radius 2 is 2.00 bits per heavy atom. The van der Waals surface area contributed by atoms with Crippen molar-refractivity contribution in [1.82, 2.24) is 9.55 Å². The number of nitrogen functional groups attached to an aromatic ring is 1. The van der Waals surface area contributed by atoms with E-state index >= 15 is 0 Å². The largest absolute Gasteiger partial charge is 0.369 e. The summed E-state index contributed by atoms with van der Waals surface area (Å²) >= 11 is 3.54. The Bertz CT molecular complexity index is 541. The zero-order valence-corrected chi connectivity index (χ0v) is 11.3. The van der Waals surface area contributed by atoms with E-state index in [9.17, 15) is 0 Å². The van der Waals surface area contributed by atoms with Gasteiger partial charge in [0.05, 0.1) is 5.52 Å². The molecule has 3 rings (SSSR count). The van der Waals surface area contributed by atoms with E-state index in [1.807, 2.05) is 12.1 Å². The van der Waals surface area contributed by atoms with Crippen molar-refractivity contribution >= 4 is 32.9 Å². The zero-order chi connectivity index (χ0) is 11.8. The van der Waals surface area contributed by atoms with Crippen LogP contribution in [0.3, 0.4) is 0 Å². The van der Waals surface area contributed by atoms with E-state index < -0.39 is 0 Å². The Balaban J connectivity index is 2.14. The minimum Gasteiger partial charge on any atom is -0.369 e. The molecule has 1 aliphatic rings. The smallest absolute Gasteiger partial charge is 0.201 e. The number of hydrogen-bond acceptors (Lipinski definition) is 2. The van der Waals surface area contributed by atoms with E-state index in [-0.39, 0.29) is 0 Å². The molecule has 3 nitrogen and oxygen atoms in total. The van der Waals surface area contributed by atoms with Gasteiger partial charge in [-0.2, -0.15) is 0 Å². The summed E-state index contributed by atoms with van der Waals surface area (Å²) in [6.07, 6.45) is 6.41. The highest BCUT2D eigenvalue weighted by atomic mass is 79.9. The average molecular weight is 294 g/mol. The molecule has 0 radical (unpaired) electrons. The Labute approximate surface area is 109 Å². The van der Waals surface area contributed by atoms with Crippen molar-refractivity contribution in [3.63, 3.8) is 0 Å². The first-order chi connectivity index (χ1) is 8.27. The van der Waals surface area contributed by atoms with Crippen LogP contribution in [0.2, 0.25) is 0 Å². The Morgan fingerprint density at radius 3 is 2.76 bits per heavy atom. The lowest BCUT2D eigenvalue weighted by Gasteiger charge is -2.24. The molecular weight excluding hydrogens is 278 g/mol. The highest BCUT2D eigenvalue weighted by Crippen LogP contribution is 2.34. The molecule has 1 aliphatic carbocycles. The molecule has 0 aliphatic heterocycles. The molecule has 1 saturated carbocycles. The Morgan fingerprint density at radius 1 is 1.24 bits per heavy atom. The predicted molar refractivity (Wildman–Crippen MR) is 74.0 cm³/mol.